The van der Waals surface area contributed by atoms with Gasteiger partial charge in [-0.3, -0.25) is 4.79 Å². The Hall–Kier alpha value is -3.43. The van der Waals surface area contributed by atoms with Crippen LogP contribution in [0.3, 0.4) is 0 Å². The molecule has 5 rings (SSSR count). The maximum Gasteiger partial charge on any atom is 0.305 e. The lowest BCUT2D eigenvalue weighted by atomic mass is 9.97. The van der Waals surface area contributed by atoms with Crippen molar-refractivity contribution in [2.75, 3.05) is 13.7 Å². The number of carboxylic acids is 1. The summed E-state index contributed by atoms with van der Waals surface area (Å²) >= 11 is 6.04. The van der Waals surface area contributed by atoms with Crippen LogP contribution in [0.1, 0.15) is 23.7 Å². The number of benzene rings is 1. The summed E-state index contributed by atoms with van der Waals surface area (Å²) < 4.78 is 10.6. The van der Waals surface area contributed by atoms with Gasteiger partial charge in [0.25, 0.3) is 5.89 Å². The molecule has 0 radical (unpaired) electrons. The second-order valence-electron chi connectivity index (χ2n) is 7.28. The molecule has 31 heavy (non-hydrogen) atoms. The Morgan fingerprint density at radius 1 is 1.29 bits per heavy atom. The molecule has 1 aliphatic rings. The van der Waals surface area contributed by atoms with Gasteiger partial charge in [-0.05, 0) is 42.8 Å². The summed E-state index contributed by atoms with van der Waals surface area (Å²) in [4.78, 5) is 23.1. The minimum Gasteiger partial charge on any atom is -0.481 e. The van der Waals surface area contributed by atoms with Crippen LogP contribution in [-0.4, -0.2) is 44.8 Å². The third-order valence-electron chi connectivity index (χ3n) is 5.34. The minimum absolute atomic E-state index is 0.0266. The first-order chi connectivity index (χ1) is 15.0. The quantitative estimate of drug-likeness (QED) is 0.402. The average molecular weight is 440 g/mol. The Morgan fingerprint density at radius 3 is 2.97 bits per heavy atom. The number of ether oxygens (including phenoxy) is 1. The summed E-state index contributed by atoms with van der Waals surface area (Å²) in [6, 6.07) is 8.91. The number of fused-ring (bicyclic) bond motifs is 3. The van der Waals surface area contributed by atoms with Crippen LogP contribution in [0, 0.1) is 0 Å². The van der Waals surface area contributed by atoms with E-state index in [2.05, 4.69) is 25.4 Å². The van der Waals surface area contributed by atoms with E-state index in [-0.39, 0.29) is 17.6 Å². The third kappa shape index (κ3) is 3.62. The van der Waals surface area contributed by atoms with Gasteiger partial charge in [-0.25, -0.2) is 4.98 Å². The molecule has 1 aliphatic heterocycles. The Kier molecular flexibility index (Phi) is 4.84. The number of nitrogens with one attached hydrogen (secondary N) is 2. The van der Waals surface area contributed by atoms with Gasteiger partial charge in [-0.15, -0.1) is 0 Å². The van der Waals surface area contributed by atoms with Crippen molar-refractivity contribution in [3.63, 3.8) is 0 Å². The molecule has 3 aromatic heterocycles. The number of hydrogen-bond acceptors (Lipinski definition) is 7. The number of aromatic nitrogens is 4. The van der Waals surface area contributed by atoms with E-state index in [1.165, 1.54) is 7.11 Å². The van der Waals surface area contributed by atoms with Gasteiger partial charge in [0.2, 0.25) is 11.7 Å². The second-order valence-corrected chi connectivity index (χ2v) is 7.66. The molecule has 0 fully saturated rings. The van der Waals surface area contributed by atoms with Crippen LogP contribution in [0.5, 0.6) is 5.88 Å². The standard InChI is InChI=1S/C21H18ClN5O4/c1-30-17-8-11(7-16(22)25-17)21-26-20(27-31-21)10-2-3-14-13(6-10)12-4-5-23-15(9-18(28)29)19(12)24-14/h2-3,6-8,15,23-24H,4-5,9H2,1H3,(H,28,29). The number of halogens is 1. The lowest BCUT2D eigenvalue weighted by molar-refractivity contribution is -0.137. The van der Waals surface area contributed by atoms with Gasteiger partial charge in [0.15, 0.2) is 0 Å². The number of carboxylic acid groups (broad SMARTS) is 1. The molecule has 0 bridgehead atoms. The van der Waals surface area contributed by atoms with Gasteiger partial charge in [-0.1, -0.05) is 16.8 Å². The predicted octanol–water partition coefficient (Wildman–Crippen LogP) is 3.60. The Labute approximate surface area is 181 Å². The molecule has 0 aliphatic carbocycles. The van der Waals surface area contributed by atoms with Gasteiger partial charge in [0.1, 0.15) is 5.15 Å². The number of nitrogens with zero attached hydrogens (tertiary/aromatic N) is 3. The van der Waals surface area contributed by atoms with E-state index in [1.54, 1.807) is 12.1 Å². The molecule has 10 heteroatoms. The second kappa shape index (κ2) is 7.68. The highest BCUT2D eigenvalue weighted by Crippen LogP contribution is 2.34. The lowest BCUT2D eigenvalue weighted by Crippen LogP contribution is -2.31. The van der Waals surface area contributed by atoms with Crippen LogP contribution in [0.4, 0.5) is 0 Å². The largest absolute Gasteiger partial charge is 0.481 e. The lowest BCUT2D eigenvalue weighted by Gasteiger charge is -2.22. The van der Waals surface area contributed by atoms with Gasteiger partial charge in [0, 0.05) is 33.8 Å². The van der Waals surface area contributed by atoms with Crippen LogP contribution in [0.2, 0.25) is 5.15 Å². The summed E-state index contributed by atoms with van der Waals surface area (Å²) in [5.41, 5.74) is 4.40. The first-order valence-corrected chi connectivity index (χ1v) is 10.1. The van der Waals surface area contributed by atoms with Crippen LogP contribution >= 0.6 is 11.6 Å². The van der Waals surface area contributed by atoms with Crippen molar-refractivity contribution in [1.82, 2.24) is 25.4 Å². The molecule has 0 saturated carbocycles. The summed E-state index contributed by atoms with van der Waals surface area (Å²) in [6.07, 6.45) is 0.834. The molecule has 0 spiro atoms. The Morgan fingerprint density at radius 2 is 2.16 bits per heavy atom. The molecule has 4 heterocycles. The fourth-order valence-electron chi connectivity index (χ4n) is 3.96. The van der Waals surface area contributed by atoms with Gasteiger partial charge in [-0.2, -0.15) is 4.98 Å². The molecule has 1 aromatic carbocycles. The molecule has 3 N–H and O–H groups in total. The van der Waals surface area contributed by atoms with Crippen molar-refractivity contribution < 1.29 is 19.2 Å². The van der Waals surface area contributed by atoms with E-state index < -0.39 is 5.97 Å². The number of aliphatic carboxylic acids is 1. The van der Waals surface area contributed by atoms with E-state index in [0.29, 0.717) is 23.2 Å². The van der Waals surface area contributed by atoms with Crippen molar-refractivity contribution in [1.29, 1.82) is 0 Å². The first kappa shape index (κ1) is 19.5. The summed E-state index contributed by atoms with van der Waals surface area (Å²) in [7, 11) is 1.50. The van der Waals surface area contributed by atoms with E-state index >= 15 is 0 Å². The molecule has 1 unspecified atom stereocenters. The zero-order valence-electron chi connectivity index (χ0n) is 16.5. The highest BCUT2D eigenvalue weighted by atomic mass is 35.5. The topological polar surface area (TPSA) is 126 Å². The first-order valence-electron chi connectivity index (χ1n) is 9.67. The smallest absolute Gasteiger partial charge is 0.305 e. The summed E-state index contributed by atoms with van der Waals surface area (Å²) in [5, 5.41) is 17.9. The molecular weight excluding hydrogens is 422 g/mol. The Balaban J connectivity index is 1.52. The van der Waals surface area contributed by atoms with E-state index in [9.17, 15) is 9.90 Å². The average Bonchev–Trinajstić information content (AvgIpc) is 3.38. The summed E-state index contributed by atoms with van der Waals surface area (Å²) in [5.74, 6) is 0.262. The van der Waals surface area contributed by atoms with Crippen molar-refractivity contribution in [2.24, 2.45) is 0 Å². The molecule has 4 aromatic rings. The van der Waals surface area contributed by atoms with Gasteiger partial charge in [0.05, 0.1) is 19.6 Å². The number of H-pyrrole nitrogens is 1. The van der Waals surface area contributed by atoms with E-state index in [0.717, 1.165) is 40.7 Å². The third-order valence-corrected chi connectivity index (χ3v) is 5.54. The maximum absolute atomic E-state index is 11.2. The highest BCUT2D eigenvalue weighted by molar-refractivity contribution is 6.29. The van der Waals surface area contributed by atoms with Crippen LogP contribution in [-0.2, 0) is 11.2 Å². The van der Waals surface area contributed by atoms with Crippen molar-refractivity contribution >= 4 is 28.5 Å². The van der Waals surface area contributed by atoms with Crippen LogP contribution in [0.15, 0.2) is 34.9 Å². The molecule has 0 amide bonds. The Bertz CT molecular complexity index is 1300. The highest BCUT2D eigenvalue weighted by Gasteiger charge is 2.26. The van der Waals surface area contributed by atoms with Gasteiger partial charge < -0.3 is 24.7 Å². The number of rotatable bonds is 5. The number of pyridine rings is 1. The molecule has 0 saturated heterocycles. The predicted molar refractivity (Wildman–Crippen MR) is 113 cm³/mol. The fourth-order valence-corrected chi connectivity index (χ4v) is 4.16. The fraction of sp³-hybridized carbons (Fsp3) is 0.238. The number of carbonyl (C=O) groups is 1. The van der Waals surface area contributed by atoms with Crippen LogP contribution < -0.4 is 10.1 Å². The number of methoxy groups -OCH3 is 1. The number of aromatic amines is 1. The number of hydrogen-bond donors (Lipinski definition) is 3. The van der Waals surface area contributed by atoms with E-state index in [4.69, 9.17) is 20.9 Å². The monoisotopic (exact) mass is 439 g/mol. The zero-order chi connectivity index (χ0) is 21.5. The van der Waals surface area contributed by atoms with Crippen molar-refractivity contribution in [3.8, 4) is 28.7 Å². The minimum atomic E-state index is -0.836. The molecular formula is C21H18ClN5O4. The normalized spacial score (nSPS) is 15.7. The maximum atomic E-state index is 11.2. The van der Waals surface area contributed by atoms with E-state index in [1.807, 2.05) is 18.2 Å². The van der Waals surface area contributed by atoms with Crippen molar-refractivity contribution in [2.45, 2.75) is 18.9 Å². The molecule has 158 valence electrons. The van der Waals surface area contributed by atoms with Crippen LogP contribution in [0.25, 0.3) is 33.7 Å². The molecule has 1 atom stereocenters. The zero-order valence-corrected chi connectivity index (χ0v) is 17.2. The summed E-state index contributed by atoms with van der Waals surface area (Å²) in [6.45, 7) is 0.721. The SMILES string of the molecule is COc1cc(-c2nc(-c3ccc4[nH]c5c(c4c3)CCNC5CC(=O)O)no2)cc(Cl)n1. The van der Waals surface area contributed by atoms with Crippen molar-refractivity contribution in [3.05, 3.63) is 46.7 Å². The molecule has 9 nitrogen and oxygen atoms in total. The van der Waals surface area contributed by atoms with Gasteiger partial charge >= 0.3 is 5.97 Å².